The fourth-order valence-corrected chi connectivity index (χ4v) is 3.18. The number of halogens is 1. The highest BCUT2D eigenvalue weighted by molar-refractivity contribution is 7.89. The number of phenols is 1. The van der Waals surface area contributed by atoms with Crippen LogP contribution in [0.25, 0.3) is 0 Å². The summed E-state index contributed by atoms with van der Waals surface area (Å²) in [6, 6.07) is 2.88. The minimum Gasteiger partial charge on any atom is -0.504 e. The lowest BCUT2D eigenvalue weighted by molar-refractivity contribution is 0.120. The molecule has 6 nitrogen and oxygen atoms in total. The standard InChI is InChI=1S/C11H15ClN2O4S/c12-8-3-4-9(10(15)11(8)19(13,16)17)14-6-7-2-1-5-18-7/h3-4,7,14-15H,1-2,5-6H2,(H2,13,16,17). The molecular formula is C11H15ClN2O4S. The number of anilines is 1. The van der Waals surface area contributed by atoms with Crippen molar-refractivity contribution < 1.29 is 18.3 Å². The average Bonchev–Trinajstić information content (AvgIpc) is 2.79. The Balaban J connectivity index is 2.22. The van der Waals surface area contributed by atoms with E-state index >= 15 is 0 Å². The van der Waals surface area contributed by atoms with Gasteiger partial charge in [0, 0.05) is 13.2 Å². The van der Waals surface area contributed by atoms with Gasteiger partial charge in [-0.2, -0.15) is 0 Å². The van der Waals surface area contributed by atoms with Crippen LogP contribution >= 0.6 is 11.6 Å². The van der Waals surface area contributed by atoms with Crippen LogP contribution in [0.2, 0.25) is 5.02 Å². The third-order valence-electron chi connectivity index (χ3n) is 2.91. The predicted octanol–water partition coefficient (Wildman–Crippen LogP) is 1.28. The van der Waals surface area contributed by atoms with Gasteiger partial charge in [0.15, 0.2) is 5.75 Å². The van der Waals surface area contributed by atoms with Crippen LogP contribution in [0.4, 0.5) is 5.69 Å². The second-order valence-corrected chi connectivity index (χ2v) is 6.24. The molecule has 0 aliphatic carbocycles. The minimum atomic E-state index is -4.08. The van der Waals surface area contributed by atoms with Gasteiger partial charge in [-0.3, -0.25) is 0 Å². The highest BCUT2D eigenvalue weighted by atomic mass is 35.5. The quantitative estimate of drug-likeness (QED) is 0.727. The number of rotatable bonds is 4. The van der Waals surface area contributed by atoms with Crippen LogP contribution in [0.15, 0.2) is 17.0 Å². The molecule has 1 saturated heterocycles. The van der Waals surface area contributed by atoms with Crippen LogP contribution in [0, 0.1) is 0 Å². The molecule has 1 heterocycles. The Morgan fingerprint density at radius 3 is 2.84 bits per heavy atom. The van der Waals surface area contributed by atoms with Crippen molar-refractivity contribution in [3.8, 4) is 5.75 Å². The molecule has 0 bridgehead atoms. The summed E-state index contributed by atoms with van der Waals surface area (Å²) in [5, 5.41) is 17.8. The molecule has 1 atom stereocenters. The van der Waals surface area contributed by atoms with Crippen molar-refractivity contribution in [2.24, 2.45) is 5.14 Å². The Hall–Kier alpha value is -1.02. The van der Waals surface area contributed by atoms with Crippen molar-refractivity contribution in [1.29, 1.82) is 0 Å². The Bertz CT molecular complexity index is 570. The van der Waals surface area contributed by atoms with E-state index in [9.17, 15) is 13.5 Å². The summed E-state index contributed by atoms with van der Waals surface area (Å²) >= 11 is 5.74. The molecular weight excluding hydrogens is 292 g/mol. The van der Waals surface area contributed by atoms with Crippen molar-refractivity contribution in [3.05, 3.63) is 17.2 Å². The van der Waals surface area contributed by atoms with Crippen molar-refractivity contribution in [1.82, 2.24) is 0 Å². The smallest absolute Gasteiger partial charge is 0.243 e. The molecule has 0 spiro atoms. The molecule has 1 unspecified atom stereocenters. The number of nitrogens with two attached hydrogens (primary N) is 1. The zero-order valence-corrected chi connectivity index (χ0v) is 11.7. The van der Waals surface area contributed by atoms with E-state index < -0.39 is 20.7 Å². The highest BCUT2D eigenvalue weighted by Crippen LogP contribution is 2.36. The van der Waals surface area contributed by atoms with Crippen molar-refractivity contribution in [2.45, 2.75) is 23.8 Å². The second kappa shape index (κ2) is 5.54. The number of benzene rings is 1. The van der Waals surface area contributed by atoms with Gasteiger partial charge in [-0.15, -0.1) is 0 Å². The van der Waals surface area contributed by atoms with Gasteiger partial charge in [0.1, 0.15) is 4.90 Å². The van der Waals surface area contributed by atoms with Gasteiger partial charge in [0.05, 0.1) is 16.8 Å². The molecule has 106 valence electrons. The van der Waals surface area contributed by atoms with Crippen LogP contribution in [-0.4, -0.2) is 32.8 Å². The maximum Gasteiger partial charge on any atom is 0.243 e. The molecule has 4 N–H and O–H groups in total. The van der Waals surface area contributed by atoms with Gasteiger partial charge in [-0.1, -0.05) is 11.6 Å². The summed E-state index contributed by atoms with van der Waals surface area (Å²) in [5.41, 5.74) is 0.268. The van der Waals surface area contributed by atoms with E-state index in [4.69, 9.17) is 21.5 Å². The van der Waals surface area contributed by atoms with Gasteiger partial charge >= 0.3 is 0 Å². The van der Waals surface area contributed by atoms with Gasteiger partial charge in [-0.25, -0.2) is 13.6 Å². The fraction of sp³-hybridized carbons (Fsp3) is 0.455. The van der Waals surface area contributed by atoms with E-state index in [1.54, 1.807) is 0 Å². The molecule has 0 aromatic heterocycles. The maximum atomic E-state index is 11.4. The van der Waals surface area contributed by atoms with Gasteiger partial charge in [-0.05, 0) is 25.0 Å². The third kappa shape index (κ3) is 3.30. The molecule has 0 amide bonds. The molecule has 1 aromatic carbocycles. The lowest BCUT2D eigenvalue weighted by Crippen LogP contribution is -2.19. The van der Waals surface area contributed by atoms with E-state index in [1.165, 1.54) is 12.1 Å². The van der Waals surface area contributed by atoms with Crippen LogP contribution in [0.5, 0.6) is 5.75 Å². The number of sulfonamides is 1. The Kier molecular flexibility index (Phi) is 4.19. The minimum absolute atomic E-state index is 0.0630. The van der Waals surface area contributed by atoms with E-state index in [0.717, 1.165) is 19.4 Å². The van der Waals surface area contributed by atoms with Crippen molar-refractivity contribution >= 4 is 27.3 Å². The average molecular weight is 307 g/mol. The molecule has 0 radical (unpaired) electrons. The van der Waals surface area contributed by atoms with Crippen LogP contribution < -0.4 is 10.5 Å². The van der Waals surface area contributed by atoms with Gasteiger partial charge < -0.3 is 15.2 Å². The Labute approximate surface area is 116 Å². The second-order valence-electron chi connectivity index (χ2n) is 4.33. The largest absolute Gasteiger partial charge is 0.504 e. The highest BCUT2D eigenvalue weighted by Gasteiger charge is 2.22. The van der Waals surface area contributed by atoms with Crippen LogP contribution in [0.1, 0.15) is 12.8 Å². The number of hydrogen-bond acceptors (Lipinski definition) is 5. The topological polar surface area (TPSA) is 102 Å². The van der Waals surface area contributed by atoms with E-state index in [-0.39, 0.29) is 16.8 Å². The summed E-state index contributed by atoms with van der Waals surface area (Å²) in [5.74, 6) is -0.465. The zero-order valence-electron chi connectivity index (χ0n) is 10.1. The van der Waals surface area contributed by atoms with E-state index in [1.807, 2.05) is 0 Å². The summed E-state index contributed by atoms with van der Waals surface area (Å²) in [4.78, 5) is -0.466. The number of ether oxygens (including phenoxy) is 1. The lowest BCUT2D eigenvalue weighted by Gasteiger charge is -2.15. The van der Waals surface area contributed by atoms with Crippen LogP contribution in [0.3, 0.4) is 0 Å². The Morgan fingerprint density at radius 1 is 1.53 bits per heavy atom. The number of nitrogens with one attached hydrogen (secondary N) is 1. The first-order chi connectivity index (χ1) is 8.89. The first-order valence-electron chi connectivity index (χ1n) is 5.79. The van der Waals surface area contributed by atoms with Crippen molar-refractivity contribution in [3.63, 3.8) is 0 Å². The first kappa shape index (κ1) is 14.4. The van der Waals surface area contributed by atoms with Crippen LogP contribution in [-0.2, 0) is 14.8 Å². The van der Waals surface area contributed by atoms with Crippen molar-refractivity contribution in [2.75, 3.05) is 18.5 Å². The first-order valence-corrected chi connectivity index (χ1v) is 7.72. The Morgan fingerprint density at radius 2 is 2.26 bits per heavy atom. The molecule has 1 aliphatic rings. The maximum absolute atomic E-state index is 11.4. The lowest BCUT2D eigenvalue weighted by atomic mass is 10.2. The monoisotopic (exact) mass is 306 g/mol. The molecule has 1 aromatic rings. The molecule has 2 rings (SSSR count). The summed E-state index contributed by atoms with van der Waals surface area (Å²) in [6.45, 7) is 1.21. The number of hydrogen-bond donors (Lipinski definition) is 3. The number of primary sulfonamides is 1. The number of aromatic hydroxyl groups is 1. The molecule has 19 heavy (non-hydrogen) atoms. The molecule has 1 fully saturated rings. The van der Waals surface area contributed by atoms with E-state index in [2.05, 4.69) is 5.32 Å². The summed E-state index contributed by atoms with van der Waals surface area (Å²) < 4.78 is 28.2. The van der Waals surface area contributed by atoms with E-state index in [0.29, 0.717) is 6.54 Å². The number of phenolic OH excluding ortho intramolecular Hbond substituents is 1. The summed E-state index contributed by atoms with van der Waals surface area (Å²) in [6.07, 6.45) is 2.00. The van der Waals surface area contributed by atoms with Gasteiger partial charge in [0.25, 0.3) is 0 Å². The summed E-state index contributed by atoms with van der Waals surface area (Å²) in [7, 11) is -4.08. The normalized spacial score (nSPS) is 19.6. The third-order valence-corrected chi connectivity index (χ3v) is 4.32. The predicted molar refractivity (Wildman–Crippen MR) is 72.0 cm³/mol. The fourth-order valence-electron chi connectivity index (χ4n) is 1.99. The SMILES string of the molecule is NS(=O)(=O)c1c(Cl)ccc(NCC2CCCO2)c1O. The molecule has 1 aliphatic heterocycles. The van der Waals surface area contributed by atoms with Gasteiger partial charge in [0.2, 0.25) is 10.0 Å². The molecule has 0 saturated carbocycles. The zero-order chi connectivity index (χ0) is 14.0. The molecule has 8 heteroatoms.